The average Bonchev–Trinajstić information content (AvgIpc) is 2.53. The van der Waals surface area contributed by atoms with Gasteiger partial charge in [0.05, 0.1) is 0 Å². The lowest BCUT2D eigenvalue weighted by Gasteiger charge is -2.09. The van der Waals surface area contributed by atoms with Gasteiger partial charge in [0.15, 0.2) is 0 Å². The third-order valence-corrected chi connectivity index (χ3v) is 3.24. The number of halogens is 1. The second kappa shape index (κ2) is 8.79. The van der Waals surface area contributed by atoms with Crippen molar-refractivity contribution in [3.05, 3.63) is 59.9 Å². The van der Waals surface area contributed by atoms with E-state index in [2.05, 4.69) is 10.6 Å². The van der Waals surface area contributed by atoms with Gasteiger partial charge in [0.25, 0.3) is 0 Å². The number of carbonyl (C=O) groups excluding carboxylic acids is 2. The van der Waals surface area contributed by atoms with E-state index in [0.717, 1.165) is 5.56 Å². The predicted octanol–water partition coefficient (Wildman–Crippen LogP) is 2.98. The maximum absolute atomic E-state index is 13.1. The van der Waals surface area contributed by atoms with Gasteiger partial charge in [-0.25, -0.2) is 4.39 Å². The first-order chi connectivity index (χ1) is 11.6. The largest absolute Gasteiger partial charge is 0.375 e. The minimum absolute atomic E-state index is 0.0375. The van der Waals surface area contributed by atoms with Crippen LogP contribution < -0.4 is 10.6 Å². The minimum atomic E-state index is -0.313. The van der Waals surface area contributed by atoms with Gasteiger partial charge in [-0.15, -0.1) is 0 Å². The van der Waals surface area contributed by atoms with E-state index in [1.807, 2.05) is 0 Å². The highest BCUT2D eigenvalue weighted by Gasteiger charge is 2.06. The molecule has 5 nitrogen and oxygen atoms in total. The molecule has 0 aromatic heterocycles. The van der Waals surface area contributed by atoms with E-state index in [4.69, 9.17) is 4.74 Å². The summed E-state index contributed by atoms with van der Waals surface area (Å²) >= 11 is 0. The molecule has 0 fully saturated rings. The van der Waals surface area contributed by atoms with E-state index >= 15 is 0 Å². The van der Waals surface area contributed by atoms with E-state index < -0.39 is 0 Å². The standard InChI is InChI=1S/C18H19FN2O3/c1-24-12-18(23)21-16-7-3-6-15(11-16)20-17(22)9-8-13-4-2-5-14(19)10-13/h2-7,10-11H,8-9,12H2,1H3,(H,20,22)(H,21,23). The molecule has 0 heterocycles. The van der Waals surface area contributed by atoms with E-state index in [-0.39, 0.29) is 30.7 Å². The van der Waals surface area contributed by atoms with Crippen LogP contribution in [0.2, 0.25) is 0 Å². The van der Waals surface area contributed by atoms with Gasteiger partial charge >= 0.3 is 0 Å². The van der Waals surface area contributed by atoms with Crippen molar-refractivity contribution in [3.63, 3.8) is 0 Å². The number of hydrogen-bond acceptors (Lipinski definition) is 3. The zero-order chi connectivity index (χ0) is 17.4. The number of aryl methyl sites for hydroxylation is 1. The molecule has 2 amide bonds. The van der Waals surface area contributed by atoms with Gasteiger partial charge in [0.1, 0.15) is 12.4 Å². The van der Waals surface area contributed by atoms with Crippen LogP contribution in [0.15, 0.2) is 48.5 Å². The monoisotopic (exact) mass is 330 g/mol. The van der Waals surface area contributed by atoms with Gasteiger partial charge in [-0.1, -0.05) is 18.2 Å². The second-order valence-electron chi connectivity index (χ2n) is 5.24. The van der Waals surface area contributed by atoms with Gasteiger partial charge < -0.3 is 15.4 Å². The molecule has 2 aromatic carbocycles. The zero-order valence-corrected chi connectivity index (χ0v) is 13.3. The van der Waals surface area contributed by atoms with Crippen LogP contribution >= 0.6 is 0 Å². The molecule has 0 saturated carbocycles. The van der Waals surface area contributed by atoms with E-state index in [1.165, 1.54) is 19.2 Å². The van der Waals surface area contributed by atoms with Crippen LogP contribution in [-0.4, -0.2) is 25.5 Å². The van der Waals surface area contributed by atoms with Crippen molar-refractivity contribution >= 4 is 23.2 Å². The Labute approximate surface area is 139 Å². The molecule has 24 heavy (non-hydrogen) atoms. The normalized spacial score (nSPS) is 10.2. The molecule has 0 aliphatic rings. The number of methoxy groups -OCH3 is 1. The van der Waals surface area contributed by atoms with E-state index in [9.17, 15) is 14.0 Å². The van der Waals surface area contributed by atoms with Gasteiger partial charge in [-0.2, -0.15) is 0 Å². The van der Waals surface area contributed by atoms with Crippen LogP contribution in [0.25, 0.3) is 0 Å². The molecule has 0 radical (unpaired) electrons. The zero-order valence-electron chi connectivity index (χ0n) is 13.3. The van der Waals surface area contributed by atoms with Crippen LogP contribution in [0.4, 0.5) is 15.8 Å². The fourth-order valence-corrected chi connectivity index (χ4v) is 2.18. The van der Waals surface area contributed by atoms with E-state index in [1.54, 1.807) is 36.4 Å². The highest BCUT2D eigenvalue weighted by Crippen LogP contribution is 2.16. The first-order valence-corrected chi connectivity index (χ1v) is 7.50. The highest BCUT2D eigenvalue weighted by molar-refractivity contribution is 5.94. The Balaban J connectivity index is 1.88. The third kappa shape index (κ3) is 5.81. The topological polar surface area (TPSA) is 67.4 Å². The van der Waals surface area contributed by atoms with Gasteiger partial charge in [0, 0.05) is 24.9 Å². The lowest BCUT2D eigenvalue weighted by Crippen LogP contribution is -2.17. The number of amides is 2. The van der Waals surface area contributed by atoms with Crippen molar-refractivity contribution in [3.8, 4) is 0 Å². The van der Waals surface area contributed by atoms with Crippen LogP contribution in [0, 0.1) is 5.82 Å². The summed E-state index contributed by atoms with van der Waals surface area (Å²) in [7, 11) is 1.44. The Hall–Kier alpha value is -2.73. The third-order valence-electron chi connectivity index (χ3n) is 3.24. The first kappa shape index (κ1) is 17.6. The minimum Gasteiger partial charge on any atom is -0.375 e. The molecule has 0 unspecified atom stereocenters. The summed E-state index contributed by atoms with van der Waals surface area (Å²) < 4.78 is 17.8. The quantitative estimate of drug-likeness (QED) is 0.820. The Morgan fingerprint density at radius 2 is 1.67 bits per heavy atom. The summed E-state index contributed by atoms with van der Waals surface area (Å²) in [4.78, 5) is 23.5. The molecule has 0 atom stereocenters. The molecule has 2 aromatic rings. The molecular weight excluding hydrogens is 311 g/mol. The van der Waals surface area contributed by atoms with Crippen molar-refractivity contribution in [1.82, 2.24) is 0 Å². The molecule has 2 N–H and O–H groups in total. The first-order valence-electron chi connectivity index (χ1n) is 7.50. The maximum atomic E-state index is 13.1. The maximum Gasteiger partial charge on any atom is 0.250 e. The molecule has 2 rings (SSSR count). The average molecular weight is 330 g/mol. The number of benzene rings is 2. The number of nitrogens with one attached hydrogen (secondary N) is 2. The van der Waals surface area contributed by atoms with Crippen LogP contribution in [0.1, 0.15) is 12.0 Å². The number of ether oxygens (including phenoxy) is 1. The van der Waals surface area contributed by atoms with Crippen molar-refractivity contribution in [1.29, 1.82) is 0 Å². The molecular formula is C18H19FN2O3. The predicted molar refractivity (Wildman–Crippen MR) is 90.3 cm³/mol. The smallest absolute Gasteiger partial charge is 0.250 e. The van der Waals surface area contributed by atoms with Crippen LogP contribution in [0.5, 0.6) is 0 Å². The molecule has 0 saturated heterocycles. The summed E-state index contributed by atoms with van der Waals surface area (Å²) in [6.45, 7) is -0.0375. The Kier molecular flexibility index (Phi) is 6.45. The SMILES string of the molecule is COCC(=O)Nc1cccc(NC(=O)CCc2cccc(F)c2)c1. The molecule has 126 valence electrons. The molecule has 0 bridgehead atoms. The number of carbonyl (C=O) groups is 2. The summed E-state index contributed by atoms with van der Waals surface area (Å²) in [6.07, 6.45) is 0.692. The second-order valence-corrected chi connectivity index (χ2v) is 5.24. The Morgan fingerprint density at radius 1 is 1.00 bits per heavy atom. The van der Waals surface area contributed by atoms with Crippen molar-refractivity contribution in [2.45, 2.75) is 12.8 Å². The summed E-state index contributed by atoms with van der Waals surface area (Å²) in [6, 6.07) is 13.0. The number of anilines is 2. The molecule has 0 spiro atoms. The number of rotatable bonds is 7. The lowest BCUT2D eigenvalue weighted by molar-refractivity contribution is -0.119. The van der Waals surface area contributed by atoms with Crippen molar-refractivity contribution in [2.24, 2.45) is 0 Å². The van der Waals surface area contributed by atoms with Gasteiger partial charge in [0.2, 0.25) is 11.8 Å². The van der Waals surface area contributed by atoms with Gasteiger partial charge in [-0.3, -0.25) is 9.59 Å². The molecule has 0 aliphatic heterocycles. The van der Waals surface area contributed by atoms with Crippen LogP contribution in [0.3, 0.4) is 0 Å². The Bertz CT molecular complexity index is 719. The highest BCUT2D eigenvalue weighted by atomic mass is 19.1. The number of hydrogen-bond donors (Lipinski definition) is 2. The fourth-order valence-electron chi connectivity index (χ4n) is 2.18. The van der Waals surface area contributed by atoms with Crippen molar-refractivity contribution in [2.75, 3.05) is 24.4 Å². The Morgan fingerprint density at radius 3 is 2.33 bits per heavy atom. The van der Waals surface area contributed by atoms with E-state index in [0.29, 0.717) is 17.8 Å². The fraction of sp³-hybridized carbons (Fsp3) is 0.222. The molecule has 0 aliphatic carbocycles. The lowest BCUT2D eigenvalue weighted by atomic mass is 10.1. The summed E-state index contributed by atoms with van der Waals surface area (Å²) in [5, 5.41) is 5.42. The van der Waals surface area contributed by atoms with Gasteiger partial charge in [-0.05, 0) is 42.3 Å². The molecule has 6 heteroatoms. The van der Waals surface area contributed by atoms with Crippen LogP contribution in [-0.2, 0) is 20.7 Å². The van der Waals surface area contributed by atoms with Crippen molar-refractivity contribution < 1.29 is 18.7 Å². The summed E-state index contributed by atoms with van der Waals surface area (Å²) in [5.41, 5.74) is 1.92. The summed E-state index contributed by atoms with van der Waals surface area (Å²) in [5.74, 6) is -0.765.